The van der Waals surface area contributed by atoms with E-state index in [0.29, 0.717) is 0 Å². The summed E-state index contributed by atoms with van der Waals surface area (Å²) in [7, 11) is 0. The van der Waals surface area contributed by atoms with Crippen molar-refractivity contribution in [3.05, 3.63) is 12.0 Å². The van der Waals surface area contributed by atoms with Crippen LogP contribution < -0.4 is 0 Å². The summed E-state index contributed by atoms with van der Waals surface area (Å²) in [4.78, 5) is -0.298. The molecule has 2 atom stereocenters. The Bertz CT molecular complexity index is 373. The van der Waals surface area contributed by atoms with Gasteiger partial charge in [0.15, 0.2) is 18.2 Å². The maximum Gasteiger partial charge on any atom is 0.416 e. The van der Waals surface area contributed by atoms with Gasteiger partial charge < -0.3 is 9.64 Å². The Balaban J connectivity index is 3.02. The van der Waals surface area contributed by atoms with Crippen LogP contribution in [0.3, 0.4) is 0 Å². The first-order valence-corrected chi connectivity index (χ1v) is 5.19. The van der Waals surface area contributed by atoms with E-state index in [1.54, 1.807) is 0 Å². The molecular weight excluding hydrogens is 328 g/mol. The zero-order chi connectivity index (χ0) is 16.6. The molecule has 0 aromatic rings. The van der Waals surface area contributed by atoms with Crippen LogP contribution in [0.5, 0.6) is 0 Å². The highest BCUT2D eigenvalue weighted by Crippen LogP contribution is 2.35. The van der Waals surface area contributed by atoms with Gasteiger partial charge in [0.1, 0.15) is 0 Å². The smallest absolute Gasteiger partial charge is 0.352 e. The predicted octanol–water partition coefficient (Wildman–Crippen LogP) is 3.55. The van der Waals surface area contributed by atoms with E-state index in [9.17, 15) is 43.9 Å². The molecule has 0 aromatic heterocycles. The van der Waals surface area contributed by atoms with Crippen LogP contribution in [0, 0.1) is 0 Å². The fourth-order valence-electron chi connectivity index (χ4n) is 1.52. The number of alkyl halides is 9. The van der Waals surface area contributed by atoms with Crippen LogP contribution in [0.25, 0.3) is 0 Å². The largest absolute Gasteiger partial charge is 0.416 e. The second-order valence-electron chi connectivity index (χ2n) is 4.11. The number of allylic oxidation sites excluding steroid dienone is 1. The van der Waals surface area contributed by atoms with Gasteiger partial charge in [0, 0.05) is 0 Å². The third-order valence-corrected chi connectivity index (χ3v) is 2.42. The lowest BCUT2D eigenvalue weighted by Crippen LogP contribution is -2.56. The van der Waals surface area contributed by atoms with Crippen LogP contribution in [0.2, 0.25) is 0 Å². The van der Waals surface area contributed by atoms with Crippen LogP contribution >= 0.6 is 0 Å². The molecule has 1 saturated heterocycles. The van der Waals surface area contributed by atoms with E-state index in [-0.39, 0.29) is 4.90 Å². The lowest BCUT2D eigenvalue weighted by molar-refractivity contribution is -0.305. The van der Waals surface area contributed by atoms with Gasteiger partial charge in [0.05, 0.1) is 19.2 Å². The van der Waals surface area contributed by atoms with Gasteiger partial charge in [-0.1, -0.05) is 0 Å². The Morgan fingerprint density at radius 1 is 0.857 bits per heavy atom. The van der Waals surface area contributed by atoms with Crippen molar-refractivity contribution in [3.63, 3.8) is 0 Å². The number of hydrogen-bond donors (Lipinski definition) is 0. The van der Waals surface area contributed by atoms with Gasteiger partial charge in [-0.2, -0.15) is 43.9 Å². The molecule has 1 aliphatic heterocycles. The molecule has 21 heavy (non-hydrogen) atoms. The van der Waals surface area contributed by atoms with Crippen molar-refractivity contribution in [2.24, 2.45) is 0 Å². The van der Waals surface area contributed by atoms with Gasteiger partial charge in [0.2, 0.25) is 0 Å². The minimum Gasteiger partial charge on any atom is -0.352 e. The minimum atomic E-state index is -5.28. The molecule has 0 saturated carbocycles. The summed E-state index contributed by atoms with van der Waals surface area (Å²) in [6.07, 6.45) is -22.9. The van der Waals surface area contributed by atoms with E-state index >= 15 is 0 Å². The van der Waals surface area contributed by atoms with Crippen molar-refractivity contribution in [1.29, 1.82) is 0 Å². The van der Waals surface area contributed by atoms with E-state index in [4.69, 9.17) is 0 Å². The van der Waals surface area contributed by atoms with Gasteiger partial charge >= 0.3 is 18.5 Å². The highest BCUT2D eigenvalue weighted by atomic mass is 19.4. The lowest BCUT2D eigenvalue weighted by atomic mass is 10.2. The first-order chi connectivity index (χ1) is 9.20. The quantitative estimate of drug-likeness (QED) is 0.537. The first-order valence-electron chi connectivity index (χ1n) is 5.19. The number of nitrogens with zero attached hydrogens (tertiary/aromatic N) is 1. The van der Waals surface area contributed by atoms with E-state index in [2.05, 4.69) is 4.74 Å². The average molecular weight is 335 g/mol. The Hall–Kier alpha value is -1.20. The molecule has 12 heteroatoms. The highest BCUT2D eigenvalue weighted by Gasteiger charge is 2.53. The van der Waals surface area contributed by atoms with Gasteiger partial charge in [-0.15, -0.1) is 0 Å². The van der Waals surface area contributed by atoms with Crippen molar-refractivity contribution in [3.8, 4) is 0 Å². The fourth-order valence-corrected chi connectivity index (χ4v) is 1.52. The normalized spacial score (nSPS) is 26.2. The highest BCUT2D eigenvalue weighted by molar-refractivity contribution is 5.00. The molecule has 124 valence electrons. The number of hydrogen-bond acceptors (Lipinski definition) is 2. The van der Waals surface area contributed by atoms with E-state index in [0.717, 1.165) is 0 Å². The molecule has 0 aromatic carbocycles. The van der Waals surface area contributed by atoms with Crippen LogP contribution in [-0.2, 0) is 4.74 Å². The average Bonchev–Trinajstić information content (AvgIpc) is 2.23. The molecule has 0 amide bonds. The predicted molar refractivity (Wildman–Crippen MR) is 47.6 cm³/mol. The fraction of sp³-hybridized carbons (Fsp3) is 0.778. The maximum absolute atomic E-state index is 13.2. The minimum absolute atomic E-state index is 0.298. The third-order valence-electron chi connectivity index (χ3n) is 2.42. The Morgan fingerprint density at radius 3 is 1.52 bits per heavy atom. The first kappa shape index (κ1) is 17.9. The third kappa shape index (κ3) is 5.25. The summed E-state index contributed by atoms with van der Waals surface area (Å²) in [5.74, 6) is -2.24. The molecule has 1 heterocycles. The maximum atomic E-state index is 13.2. The van der Waals surface area contributed by atoms with Crippen LogP contribution in [0.4, 0.5) is 43.9 Å². The summed E-state index contributed by atoms with van der Waals surface area (Å²) in [6, 6.07) is 0. The standard InChI is InChI=1S/C9H7F10NO/c10-6(1-7(11,12)13)20-2-4(8(14,15)16)21-5(3-20)9(17,18)19/h1,4-5H,2-3H2. The van der Waals surface area contributed by atoms with Crippen molar-refractivity contribution >= 4 is 0 Å². The molecule has 2 nitrogen and oxygen atoms in total. The summed E-state index contributed by atoms with van der Waals surface area (Å²) in [6.45, 7) is -3.01. The zero-order valence-electron chi connectivity index (χ0n) is 9.78. The molecule has 0 N–H and O–H groups in total. The van der Waals surface area contributed by atoms with Gasteiger partial charge in [0.25, 0.3) is 0 Å². The molecule has 1 fully saturated rings. The summed E-state index contributed by atoms with van der Waals surface area (Å²) < 4.78 is 127. The Morgan fingerprint density at radius 2 is 1.24 bits per heavy atom. The van der Waals surface area contributed by atoms with E-state index in [1.165, 1.54) is 0 Å². The topological polar surface area (TPSA) is 12.5 Å². The van der Waals surface area contributed by atoms with Crippen molar-refractivity contribution in [2.75, 3.05) is 13.1 Å². The number of rotatable bonds is 1. The lowest BCUT2D eigenvalue weighted by Gasteiger charge is -2.39. The Kier molecular flexibility index (Phi) is 4.71. The molecular formula is C9H7F10NO. The SMILES string of the molecule is FC(=CC(F)(F)F)N1CC(C(F)(F)F)OC(C(F)(F)F)C1. The molecule has 1 aliphatic rings. The van der Waals surface area contributed by atoms with E-state index in [1.807, 2.05) is 0 Å². The van der Waals surface area contributed by atoms with Gasteiger partial charge in [-0.05, 0) is 0 Å². The van der Waals surface area contributed by atoms with Gasteiger partial charge in [-0.25, -0.2) is 0 Å². The Labute approximate surface area is 110 Å². The van der Waals surface area contributed by atoms with Crippen LogP contribution in [-0.4, -0.2) is 48.7 Å². The van der Waals surface area contributed by atoms with Crippen LogP contribution in [0.15, 0.2) is 12.0 Å². The molecule has 2 unspecified atom stereocenters. The zero-order valence-corrected chi connectivity index (χ0v) is 9.78. The molecule has 0 spiro atoms. The van der Waals surface area contributed by atoms with E-state index < -0.39 is 55.9 Å². The monoisotopic (exact) mass is 335 g/mol. The number of morpholine rings is 1. The second-order valence-corrected chi connectivity index (χ2v) is 4.11. The summed E-state index contributed by atoms with van der Waals surface area (Å²) >= 11 is 0. The number of halogens is 10. The molecule has 0 aliphatic carbocycles. The van der Waals surface area contributed by atoms with Crippen LogP contribution in [0.1, 0.15) is 0 Å². The van der Waals surface area contributed by atoms with Crippen molar-refractivity contribution in [2.45, 2.75) is 30.7 Å². The molecule has 0 bridgehead atoms. The molecule has 1 rings (SSSR count). The number of ether oxygens (including phenoxy) is 1. The van der Waals surface area contributed by atoms with Crippen molar-refractivity contribution < 1.29 is 48.6 Å². The van der Waals surface area contributed by atoms with Crippen molar-refractivity contribution in [1.82, 2.24) is 4.90 Å². The van der Waals surface area contributed by atoms with Gasteiger partial charge in [-0.3, -0.25) is 0 Å². The summed E-state index contributed by atoms with van der Waals surface area (Å²) in [5.41, 5.74) is 0. The second kappa shape index (κ2) is 5.54. The molecule has 0 radical (unpaired) electrons. The summed E-state index contributed by atoms with van der Waals surface area (Å²) in [5, 5.41) is 0.